The molecular formula is C17H13NOS. The quantitative estimate of drug-likeness (QED) is 0.741. The van der Waals surface area contributed by atoms with E-state index in [1.54, 1.807) is 0 Å². The van der Waals surface area contributed by atoms with Crippen LogP contribution in [0.4, 0.5) is 5.69 Å². The van der Waals surface area contributed by atoms with Gasteiger partial charge >= 0.3 is 0 Å². The number of nitrogens with one attached hydrogen (secondary N) is 1. The first-order chi connectivity index (χ1) is 9.83. The molecule has 1 heterocycles. The molecule has 0 fully saturated rings. The van der Waals surface area contributed by atoms with Crippen LogP contribution in [0.3, 0.4) is 0 Å². The highest BCUT2D eigenvalue weighted by molar-refractivity contribution is 7.12. The largest absolute Gasteiger partial charge is 0.321 e. The molecule has 1 N–H and O–H groups in total. The molecule has 3 aromatic rings. The highest BCUT2D eigenvalue weighted by Gasteiger charge is 2.07. The van der Waals surface area contributed by atoms with Crippen molar-refractivity contribution in [2.45, 2.75) is 0 Å². The second-order valence-corrected chi connectivity index (χ2v) is 5.33. The first kappa shape index (κ1) is 12.6. The molecule has 0 spiro atoms. The van der Waals surface area contributed by atoms with Crippen LogP contribution in [0.2, 0.25) is 0 Å². The van der Waals surface area contributed by atoms with E-state index in [1.165, 1.54) is 11.3 Å². The maximum atomic E-state index is 12.0. The minimum absolute atomic E-state index is 0.0646. The predicted molar refractivity (Wildman–Crippen MR) is 84.2 cm³/mol. The van der Waals surface area contributed by atoms with Gasteiger partial charge in [0.15, 0.2) is 0 Å². The van der Waals surface area contributed by atoms with Crippen molar-refractivity contribution in [3.63, 3.8) is 0 Å². The van der Waals surface area contributed by atoms with Gasteiger partial charge in [-0.2, -0.15) is 0 Å². The van der Waals surface area contributed by atoms with E-state index in [0.717, 1.165) is 21.7 Å². The van der Waals surface area contributed by atoms with E-state index in [1.807, 2.05) is 60.0 Å². The van der Waals surface area contributed by atoms with E-state index in [0.29, 0.717) is 0 Å². The Kier molecular flexibility index (Phi) is 3.61. The fraction of sp³-hybridized carbons (Fsp3) is 0. The summed E-state index contributed by atoms with van der Waals surface area (Å²) in [5.74, 6) is -0.0646. The number of amides is 1. The zero-order valence-electron chi connectivity index (χ0n) is 10.7. The molecule has 0 aliphatic carbocycles. The van der Waals surface area contributed by atoms with Crippen LogP contribution in [0, 0.1) is 0 Å². The Labute approximate surface area is 121 Å². The van der Waals surface area contributed by atoms with Crippen LogP contribution in [0.25, 0.3) is 11.1 Å². The number of rotatable bonds is 3. The van der Waals surface area contributed by atoms with Gasteiger partial charge in [-0.15, -0.1) is 11.3 Å². The van der Waals surface area contributed by atoms with Gasteiger partial charge in [0, 0.05) is 5.69 Å². The number of benzene rings is 2. The number of carbonyl (C=O) groups is 1. The molecule has 20 heavy (non-hydrogen) atoms. The van der Waals surface area contributed by atoms with E-state index in [9.17, 15) is 4.79 Å². The van der Waals surface area contributed by atoms with Gasteiger partial charge < -0.3 is 5.32 Å². The lowest BCUT2D eigenvalue weighted by molar-refractivity contribution is 0.103. The summed E-state index contributed by atoms with van der Waals surface area (Å²) in [6.45, 7) is 0. The second-order valence-electron chi connectivity index (χ2n) is 4.38. The van der Waals surface area contributed by atoms with Gasteiger partial charge in [-0.3, -0.25) is 4.79 Å². The Morgan fingerprint density at radius 2 is 1.65 bits per heavy atom. The zero-order chi connectivity index (χ0) is 13.8. The third-order valence-electron chi connectivity index (χ3n) is 2.97. The molecule has 0 aliphatic rings. The summed E-state index contributed by atoms with van der Waals surface area (Å²) in [4.78, 5) is 12.7. The standard InChI is InChI=1S/C17H13NOS/c19-17(16-10-5-11-20-16)18-15-9-4-8-14(12-15)13-6-2-1-3-7-13/h1-12H,(H,18,19). The molecule has 0 saturated carbocycles. The van der Waals surface area contributed by atoms with Gasteiger partial charge in [-0.05, 0) is 34.7 Å². The summed E-state index contributed by atoms with van der Waals surface area (Å²) in [6, 6.07) is 21.7. The van der Waals surface area contributed by atoms with Crippen LogP contribution in [-0.4, -0.2) is 5.91 Å². The minimum Gasteiger partial charge on any atom is -0.321 e. The van der Waals surface area contributed by atoms with Crippen molar-refractivity contribution < 1.29 is 4.79 Å². The van der Waals surface area contributed by atoms with Crippen LogP contribution in [0.15, 0.2) is 72.1 Å². The summed E-state index contributed by atoms with van der Waals surface area (Å²) in [5, 5.41) is 4.82. The van der Waals surface area contributed by atoms with Crippen molar-refractivity contribution in [1.82, 2.24) is 0 Å². The first-order valence-corrected chi connectivity index (χ1v) is 7.21. The monoisotopic (exact) mass is 279 g/mol. The zero-order valence-corrected chi connectivity index (χ0v) is 11.6. The number of anilines is 1. The highest BCUT2D eigenvalue weighted by atomic mass is 32.1. The van der Waals surface area contributed by atoms with Crippen molar-refractivity contribution in [2.75, 3.05) is 5.32 Å². The van der Waals surface area contributed by atoms with Crippen LogP contribution >= 0.6 is 11.3 Å². The molecule has 1 aromatic heterocycles. The second kappa shape index (κ2) is 5.72. The van der Waals surface area contributed by atoms with Gasteiger partial charge in [0.25, 0.3) is 5.91 Å². The minimum atomic E-state index is -0.0646. The average molecular weight is 279 g/mol. The van der Waals surface area contributed by atoms with Crippen molar-refractivity contribution in [3.05, 3.63) is 77.0 Å². The van der Waals surface area contributed by atoms with E-state index in [2.05, 4.69) is 17.4 Å². The van der Waals surface area contributed by atoms with Crippen molar-refractivity contribution in [1.29, 1.82) is 0 Å². The summed E-state index contributed by atoms with van der Waals surface area (Å²) in [7, 11) is 0. The van der Waals surface area contributed by atoms with Gasteiger partial charge in [-0.1, -0.05) is 48.5 Å². The molecule has 98 valence electrons. The van der Waals surface area contributed by atoms with Crippen molar-refractivity contribution in [2.24, 2.45) is 0 Å². The van der Waals surface area contributed by atoms with Crippen LogP contribution < -0.4 is 5.32 Å². The maximum Gasteiger partial charge on any atom is 0.265 e. The molecule has 2 nitrogen and oxygen atoms in total. The smallest absolute Gasteiger partial charge is 0.265 e. The fourth-order valence-electron chi connectivity index (χ4n) is 2.01. The first-order valence-electron chi connectivity index (χ1n) is 6.33. The average Bonchev–Trinajstić information content (AvgIpc) is 3.03. The SMILES string of the molecule is O=C(Nc1cccc(-c2ccccc2)c1)c1cccs1. The number of hydrogen-bond donors (Lipinski definition) is 1. The van der Waals surface area contributed by atoms with Gasteiger partial charge in [0.1, 0.15) is 0 Å². The lowest BCUT2D eigenvalue weighted by atomic mass is 10.1. The van der Waals surface area contributed by atoms with E-state index in [4.69, 9.17) is 0 Å². The molecule has 0 saturated heterocycles. The van der Waals surface area contributed by atoms with Crippen LogP contribution in [0.1, 0.15) is 9.67 Å². The highest BCUT2D eigenvalue weighted by Crippen LogP contribution is 2.23. The Morgan fingerprint density at radius 1 is 0.850 bits per heavy atom. The Morgan fingerprint density at radius 3 is 2.40 bits per heavy atom. The summed E-state index contributed by atoms with van der Waals surface area (Å²) >= 11 is 1.44. The molecule has 3 heteroatoms. The Hall–Kier alpha value is -2.39. The number of carbonyl (C=O) groups excluding carboxylic acids is 1. The predicted octanol–water partition coefficient (Wildman–Crippen LogP) is 4.67. The molecule has 1 amide bonds. The summed E-state index contributed by atoms with van der Waals surface area (Å²) < 4.78 is 0. The Balaban J connectivity index is 1.83. The van der Waals surface area contributed by atoms with Crippen molar-refractivity contribution in [3.8, 4) is 11.1 Å². The number of thiophene rings is 1. The molecule has 3 rings (SSSR count). The Bertz CT molecular complexity index is 705. The van der Waals surface area contributed by atoms with Gasteiger partial charge in [0.05, 0.1) is 4.88 Å². The van der Waals surface area contributed by atoms with E-state index in [-0.39, 0.29) is 5.91 Å². The fourth-order valence-corrected chi connectivity index (χ4v) is 2.63. The molecule has 0 aliphatic heterocycles. The normalized spacial score (nSPS) is 10.2. The van der Waals surface area contributed by atoms with Crippen molar-refractivity contribution >= 4 is 22.9 Å². The number of hydrogen-bond acceptors (Lipinski definition) is 2. The topological polar surface area (TPSA) is 29.1 Å². The van der Waals surface area contributed by atoms with Gasteiger partial charge in [0.2, 0.25) is 0 Å². The van der Waals surface area contributed by atoms with E-state index < -0.39 is 0 Å². The van der Waals surface area contributed by atoms with Gasteiger partial charge in [-0.25, -0.2) is 0 Å². The molecule has 0 atom stereocenters. The molecule has 0 bridgehead atoms. The summed E-state index contributed by atoms with van der Waals surface area (Å²) in [6.07, 6.45) is 0. The molecule has 0 radical (unpaired) electrons. The third kappa shape index (κ3) is 2.78. The van der Waals surface area contributed by atoms with E-state index >= 15 is 0 Å². The summed E-state index contributed by atoms with van der Waals surface area (Å²) in [5.41, 5.74) is 3.04. The lowest BCUT2D eigenvalue weighted by Crippen LogP contribution is -2.09. The molecular weight excluding hydrogens is 266 g/mol. The third-order valence-corrected chi connectivity index (χ3v) is 3.84. The maximum absolute atomic E-state index is 12.0. The van der Waals surface area contributed by atoms with Crippen LogP contribution in [0.5, 0.6) is 0 Å². The lowest BCUT2D eigenvalue weighted by Gasteiger charge is -2.07. The van der Waals surface area contributed by atoms with Crippen LogP contribution in [-0.2, 0) is 0 Å². The molecule has 0 unspecified atom stereocenters. The molecule has 2 aromatic carbocycles.